The molecule has 0 aliphatic heterocycles. The molecule has 0 radical (unpaired) electrons. The first-order valence-corrected chi connectivity index (χ1v) is 4.88. The SMILES string of the molecule is C=CCC(=C)C(N)=O.C=CCOC(=O)C(=C)C. The molecule has 4 heteroatoms. The molecule has 1 amide bonds. The molecule has 0 rings (SSSR count). The average Bonchev–Trinajstić information content (AvgIpc) is 2.26. The van der Waals surface area contributed by atoms with E-state index in [1.54, 1.807) is 13.0 Å². The third kappa shape index (κ3) is 11.8. The van der Waals surface area contributed by atoms with E-state index in [0.29, 0.717) is 17.6 Å². The van der Waals surface area contributed by atoms with E-state index < -0.39 is 5.91 Å². The normalized spacial score (nSPS) is 8.06. The second-order valence-electron chi connectivity index (χ2n) is 3.13. The average molecular weight is 237 g/mol. The third-order valence-corrected chi connectivity index (χ3v) is 1.42. The van der Waals surface area contributed by atoms with Crippen molar-refractivity contribution < 1.29 is 14.3 Å². The number of primary amides is 1. The maximum absolute atomic E-state index is 10.5. The largest absolute Gasteiger partial charge is 0.458 e. The summed E-state index contributed by atoms with van der Waals surface area (Å²) >= 11 is 0. The van der Waals surface area contributed by atoms with Gasteiger partial charge in [-0.1, -0.05) is 31.9 Å². The Labute approximate surface area is 102 Å². The van der Waals surface area contributed by atoms with Gasteiger partial charge >= 0.3 is 5.97 Å². The smallest absolute Gasteiger partial charge is 0.333 e. The van der Waals surface area contributed by atoms with Crippen molar-refractivity contribution in [2.45, 2.75) is 13.3 Å². The number of carbonyl (C=O) groups is 2. The Morgan fingerprint density at radius 2 is 1.76 bits per heavy atom. The Hall–Kier alpha value is -2.10. The van der Waals surface area contributed by atoms with Crippen molar-refractivity contribution in [2.24, 2.45) is 5.73 Å². The van der Waals surface area contributed by atoms with Crippen LogP contribution < -0.4 is 5.73 Å². The predicted octanol–water partition coefficient (Wildman–Crippen LogP) is 1.90. The maximum atomic E-state index is 10.5. The molecule has 0 heterocycles. The van der Waals surface area contributed by atoms with Gasteiger partial charge in [-0.25, -0.2) is 4.79 Å². The molecule has 4 nitrogen and oxygen atoms in total. The minimum absolute atomic E-state index is 0.256. The number of nitrogens with two attached hydrogens (primary N) is 1. The predicted molar refractivity (Wildman–Crippen MR) is 69.1 cm³/mol. The first-order chi connectivity index (χ1) is 7.86. The molecule has 0 spiro atoms. The van der Waals surface area contributed by atoms with E-state index in [4.69, 9.17) is 5.73 Å². The van der Waals surface area contributed by atoms with Crippen molar-refractivity contribution >= 4 is 11.9 Å². The van der Waals surface area contributed by atoms with Crippen molar-refractivity contribution in [1.29, 1.82) is 0 Å². The molecule has 0 unspecified atom stereocenters. The summed E-state index contributed by atoms with van der Waals surface area (Å²) in [4.78, 5) is 20.7. The summed E-state index contributed by atoms with van der Waals surface area (Å²) in [5.74, 6) is -0.820. The molecule has 17 heavy (non-hydrogen) atoms. The van der Waals surface area contributed by atoms with E-state index in [0.717, 1.165) is 0 Å². The van der Waals surface area contributed by atoms with Crippen molar-refractivity contribution in [1.82, 2.24) is 0 Å². The van der Waals surface area contributed by atoms with Crippen LogP contribution >= 0.6 is 0 Å². The summed E-state index contributed by atoms with van der Waals surface area (Å²) in [6, 6.07) is 0. The number of carbonyl (C=O) groups excluding carboxylic acids is 2. The van der Waals surface area contributed by atoms with Gasteiger partial charge in [-0.2, -0.15) is 0 Å². The minimum atomic E-state index is -0.454. The van der Waals surface area contributed by atoms with Gasteiger partial charge in [-0.3, -0.25) is 4.79 Å². The maximum Gasteiger partial charge on any atom is 0.333 e. The van der Waals surface area contributed by atoms with Crippen molar-refractivity contribution in [3.63, 3.8) is 0 Å². The minimum Gasteiger partial charge on any atom is -0.458 e. The number of rotatable bonds is 6. The van der Waals surface area contributed by atoms with Crippen LogP contribution in [0, 0.1) is 0 Å². The molecule has 0 aromatic heterocycles. The fraction of sp³-hybridized carbons (Fsp3) is 0.231. The van der Waals surface area contributed by atoms with Gasteiger partial charge in [0, 0.05) is 11.1 Å². The zero-order valence-corrected chi connectivity index (χ0v) is 10.2. The third-order valence-electron chi connectivity index (χ3n) is 1.42. The van der Waals surface area contributed by atoms with Crippen LogP contribution in [0.1, 0.15) is 13.3 Å². The van der Waals surface area contributed by atoms with Crippen LogP contribution in [0.5, 0.6) is 0 Å². The molecule has 0 atom stereocenters. The highest BCUT2D eigenvalue weighted by atomic mass is 16.5. The standard InChI is InChI=1S/C7H10O2.C6H9NO/c1-4-5-9-7(8)6(2)3;1-3-4-5(2)6(7)8/h4H,1-2,5H2,3H3;3H,1-2,4H2,(H2,7,8). The first kappa shape index (κ1) is 17.3. The van der Waals surface area contributed by atoms with E-state index >= 15 is 0 Å². The Bertz CT molecular complexity index is 330. The summed E-state index contributed by atoms with van der Waals surface area (Å²) in [6.07, 6.45) is 3.59. The Kier molecular flexibility index (Phi) is 10.6. The van der Waals surface area contributed by atoms with Crippen LogP contribution in [-0.4, -0.2) is 18.5 Å². The Morgan fingerprint density at radius 3 is 2.00 bits per heavy atom. The molecule has 0 saturated carbocycles. The van der Waals surface area contributed by atoms with E-state index in [-0.39, 0.29) is 12.6 Å². The zero-order valence-electron chi connectivity index (χ0n) is 10.2. The summed E-state index contributed by atoms with van der Waals surface area (Å²) in [5.41, 5.74) is 5.65. The Morgan fingerprint density at radius 1 is 1.24 bits per heavy atom. The van der Waals surface area contributed by atoms with Gasteiger partial charge < -0.3 is 10.5 Å². The van der Waals surface area contributed by atoms with Crippen LogP contribution in [0.3, 0.4) is 0 Å². The molecule has 0 aliphatic carbocycles. The zero-order chi connectivity index (χ0) is 13.8. The number of hydrogen-bond acceptors (Lipinski definition) is 3. The van der Waals surface area contributed by atoms with Crippen molar-refractivity contribution in [3.8, 4) is 0 Å². The van der Waals surface area contributed by atoms with E-state index in [2.05, 4.69) is 31.1 Å². The quantitative estimate of drug-likeness (QED) is 0.435. The van der Waals surface area contributed by atoms with Crippen molar-refractivity contribution in [2.75, 3.05) is 6.61 Å². The fourth-order valence-electron chi connectivity index (χ4n) is 0.533. The molecule has 0 aromatic carbocycles. The second-order valence-corrected chi connectivity index (χ2v) is 3.13. The molecule has 2 N–H and O–H groups in total. The lowest BCUT2D eigenvalue weighted by Gasteiger charge is -1.97. The van der Waals surface area contributed by atoms with Crippen LogP contribution in [0.2, 0.25) is 0 Å². The van der Waals surface area contributed by atoms with Crippen molar-refractivity contribution in [3.05, 3.63) is 49.6 Å². The molecule has 0 aromatic rings. The van der Waals surface area contributed by atoms with Gasteiger partial charge in [0.2, 0.25) is 5.91 Å². The van der Waals surface area contributed by atoms with E-state index in [9.17, 15) is 9.59 Å². The highest BCUT2D eigenvalue weighted by Gasteiger charge is 1.98. The van der Waals surface area contributed by atoms with Crippen LogP contribution in [0.15, 0.2) is 49.6 Å². The molecular weight excluding hydrogens is 218 g/mol. The molecule has 0 aliphatic rings. The Balaban J connectivity index is 0. The molecule has 94 valence electrons. The highest BCUT2D eigenvalue weighted by Crippen LogP contribution is 1.94. The number of amides is 1. The van der Waals surface area contributed by atoms with Gasteiger partial charge in [-0.15, -0.1) is 6.58 Å². The highest BCUT2D eigenvalue weighted by molar-refractivity contribution is 5.91. The molecule has 0 fully saturated rings. The lowest BCUT2D eigenvalue weighted by molar-refractivity contribution is -0.137. The van der Waals surface area contributed by atoms with Gasteiger partial charge in [-0.05, 0) is 13.3 Å². The number of ether oxygens (including phenoxy) is 1. The summed E-state index contributed by atoms with van der Waals surface area (Å²) in [7, 11) is 0. The lowest BCUT2D eigenvalue weighted by atomic mass is 10.2. The van der Waals surface area contributed by atoms with Gasteiger partial charge in [0.1, 0.15) is 6.61 Å². The molecular formula is C13H19NO3. The van der Waals surface area contributed by atoms with Crippen LogP contribution in [-0.2, 0) is 14.3 Å². The second kappa shape index (κ2) is 10.4. The van der Waals surface area contributed by atoms with Gasteiger partial charge in [0.05, 0.1) is 0 Å². The van der Waals surface area contributed by atoms with E-state index in [1.165, 1.54) is 6.08 Å². The van der Waals surface area contributed by atoms with E-state index in [1.807, 2.05) is 0 Å². The lowest BCUT2D eigenvalue weighted by Crippen LogP contribution is -2.12. The summed E-state index contributed by atoms with van der Waals surface area (Å²) in [5, 5.41) is 0. The number of allylic oxidation sites excluding steroid dienone is 1. The monoisotopic (exact) mass is 237 g/mol. The van der Waals surface area contributed by atoms with Crippen LogP contribution in [0.25, 0.3) is 0 Å². The van der Waals surface area contributed by atoms with Gasteiger partial charge in [0.15, 0.2) is 0 Å². The summed E-state index contributed by atoms with van der Waals surface area (Å²) < 4.78 is 4.60. The van der Waals surface area contributed by atoms with Gasteiger partial charge in [0.25, 0.3) is 0 Å². The topological polar surface area (TPSA) is 69.4 Å². The fourth-order valence-corrected chi connectivity index (χ4v) is 0.533. The number of hydrogen-bond donors (Lipinski definition) is 1. The summed E-state index contributed by atoms with van der Waals surface area (Å²) in [6.45, 7) is 15.5. The molecule has 0 saturated heterocycles. The first-order valence-electron chi connectivity index (χ1n) is 4.88. The van der Waals surface area contributed by atoms with Crippen LogP contribution in [0.4, 0.5) is 0 Å². The number of esters is 1. The molecule has 0 bridgehead atoms.